The Morgan fingerprint density at radius 2 is 1.82 bits per heavy atom. The van der Waals surface area contributed by atoms with Crippen LogP contribution in [-0.4, -0.2) is 48.5 Å². The molecule has 4 rings (SSSR count). The summed E-state index contributed by atoms with van der Waals surface area (Å²) in [5.74, 6) is 0.636. The molecule has 1 aliphatic heterocycles. The Morgan fingerprint density at radius 1 is 1.06 bits per heavy atom. The SMILES string of the molecule is COc1ccc(C2=NN(C(NC(=O)c3ccccn3)c3ccccc3C)C(=O)OC2)cc1OC. The number of rotatable bonds is 7. The van der Waals surface area contributed by atoms with Crippen LogP contribution in [0.3, 0.4) is 0 Å². The first-order chi connectivity index (χ1) is 16.5. The van der Waals surface area contributed by atoms with E-state index in [1.807, 2.05) is 31.2 Å². The number of cyclic esters (lactones) is 1. The van der Waals surface area contributed by atoms with Gasteiger partial charge in [0.1, 0.15) is 18.0 Å². The molecule has 3 aromatic rings. The van der Waals surface area contributed by atoms with Gasteiger partial charge in [-0.1, -0.05) is 30.3 Å². The lowest BCUT2D eigenvalue weighted by Gasteiger charge is -2.32. The highest BCUT2D eigenvalue weighted by molar-refractivity contribution is 6.04. The molecule has 2 aromatic carbocycles. The van der Waals surface area contributed by atoms with Gasteiger partial charge in [0.05, 0.1) is 14.2 Å². The van der Waals surface area contributed by atoms with Crippen molar-refractivity contribution < 1.29 is 23.8 Å². The van der Waals surface area contributed by atoms with E-state index in [1.54, 1.807) is 43.5 Å². The van der Waals surface area contributed by atoms with Crippen molar-refractivity contribution in [3.05, 3.63) is 89.2 Å². The van der Waals surface area contributed by atoms with Gasteiger partial charge in [0, 0.05) is 11.8 Å². The summed E-state index contributed by atoms with van der Waals surface area (Å²) in [6, 6.07) is 17.8. The zero-order chi connectivity index (χ0) is 24.1. The van der Waals surface area contributed by atoms with Crippen LogP contribution in [0.5, 0.6) is 11.5 Å². The first-order valence-electron chi connectivity index (χ1n) is 10.5. The van der Waals surface area contributed by atoms with Crippen LogP contribution < -0.4 is 14.8 Å². The van der Waals surface area contributed by atoms with Crippen LogP contribution in [0.4, 0.5) is 4.79 Å². The first kappa shape index (κ1) is 22.8. The van der Waals surface area contributed by atoms with Gasteiger partial charge < -0.3 is 19.5 Å². The van der Waals surface area contributed by atoms with E-state index in [0.29, 0.717) is 28.3 Å². The Bertz CT molecular complexity index is 1230. The van der Waals surface area contributed by atoms with Crippen LogP contribution in [0.1, 0.15) is 33.3 Å². The van der Waals surface area contributed by atoms with Gasteiger partial charge in [-0.15, -0.1) is 0 Å². The molecule has 1 aromatic heterocycles. The van der Waals surface area contributed by atoms with Crippen LogP contribution in [0, 0.1) is 6.92 Å². The maximum atomic E-state index is 13.0. The second kappa shape index (κ2) is 10.0. The third-order valence-corrected chi connectivity index (χ3v) is 5.36. The first-order valence-corrected chi connectivity index (χ1v) is 10.5. The number of amides is 2. The zero-order valence-electron chi connectivity index (χ0n) is 19.0. The third kappa shape index (κ3) is 4.68. The topological polar surface area (TPSA) is 102 Å². The summed E-state index contributed by atoms with van der Waals surface area (Å²) in [6.07, 6.45) is -0.0716. The highest BCUT2D eigenvalue weighted by Crippen LogP contribution is 2.30. The number of nitrogens with zero attached hydrogens (tertiary/aromatic N) is 3. The van der Waals surface area contributed by atoms with E-state index in [2.05, 4.69) is 15.4 Å². The van der Waals surface area contributed by atoms with Crippen molar-refractivity contribution >= 4 is 17.7 Å². The van der Waals surface area contributed by atoms with Crippen molar-refractivity contribution in [2.45, 2.75) is 13.1 Å². The molecule has 0 radical (unpaired) electrons. The number of aromatic nitrogens is 1. The second-order valence-corrected chi connectivity index (χ2v) is 7.46. The largest absolute Gasteiger partial charge is 0.493 e. The number of hydrogen-bond donors (Lipinski definition) is 1. The molecular formula is C25H24N4O5. The van der Waals surface area contributed by atoms with E-state index in [1.165, 1.54) is 13.3 Å². The van der Waals surface area contributed by atoms with Crippen molar-refractivity contribution in [2.75, 3.05) is 20.8 Å². The smallest absolute Gasteiger partial charge is 0.433 e. The molecule has 1 atom stereocenters. The van der Waals surface area contributed by atoms with Gasteiger partial charge in [0.25, 0.3) is 5.91 Å². The number of aryl methyl sites for hydroxylation is 1. The number of ether oxygens (including phenoxy) is 3. The van der Waals surface area contributed by atoms with E-state index in [9.17, 15) is 9.59 Å². The average molecular weight is 460 g/mol. The molecule has 0 fully saturated rings. The predicted octanol–water partition coefficient (Wildman–Crippen LogP) is 3.69. The zero-order valence-corrected chi connectivity index (χ0v) is 19.0. The number of carbonyl (C=O) groups is 2. The van der Waals surface area contributed by atoms with Crippen molar-refractivity contribution in [3.8, 4) is 11.5 Å². The van der Waals surface area contributed by atoms with Crippen molar-refractivity contribution in [1.82, 2.24) is 15.3 Å². The second-order valence-electron chi connectivity index (χ2n) is 7.46. The Morgan fingerprint density at radius 3 is 2.53 bits per heavy atom. The maximum Gasteiger partial charge on any atom is 0.433 e. The van der Waals surface area contributed by atoms with Crippen LogP contribution >= 0.6 is 0 Å². The number of benzene rings is 2. The average Bonchev–Trinajstić information content (AvgIpc) is 2.88. The summed E-state index contributed by atoms with van der Waals surface area (Å²) in [6.45, 7) is 1.86. The fourth-order valence-corrected chi connectivity index (χ4v) is 3.58. The van der Waals surface area contributed by atoms with E-state index in [4.69, 9.17) is 14.2 Å². The quantitative estimate of drug-likeness (QED) is 0.577. The Kier molecular flexibility index (Phi) is 6.72. The molecule has 1 unspecified atom stereocenters. The Hall–Kier alpha value is -4.40. The van der Waals surface area contributed by atoms with Crippen LogP contribution in [-0.2, 0) is 4.74 Å². The van der Waals surface area contributed by atoms with Gasteiger partial charge in [0.2, 0.25) is 0 Å². The number of methoxy groups -OCH3 is 2. The van der Waals surface area contributed by atoms with Gasteiger partial charge in [-0.05, 0) is 48.4 Å². The fourth-order valence-electron chi connectivity index (χ4n) is 3.58. The summed E-state index contributed by atoms with van der Waals surface area (Å²) in [5, 5.41) is 8.59. The minimum Gasteiger partial charge on any atom is -0.493 e. The van der Waals surface area contributed by atoms with E-state index in [0.717, 1.165) is 10.6 Å². The van der Waals surface area contributed by atoms with E-state index in [-0.39, 0.29) is 12.3 Å². The summed E-state index contributed by atoms with van der Waals surface area (Å²) in [4.78, 5) is 29.9. The molecular weight excluding hydrogens is 436 g/mol. The Balaban J connectivity index is 1.74. The van der Waals surface area contributed by atoms with Crippen LogP contribution in [0.15, 0.2) is 72.0 Å². The normalized spacial score (nSPS) is 14.0. The number of pyridine rings is 1. The van der Waals surface area contributed by atoms with Gasteiger partial charge in [0.15, 0.2) is 17.7 Å². The highest BCUT2D eigenvalue weighted by Gasteiger charge is 2.33. The standard InChI is InChI=1S/C25H24N4O5/c1-16-8-4-5-9-18(16)23(27-24(30)19-10-6-7-13-26-19)29-25(31)34-15-20(28-29)17-11-12-21(32-2)22(14-17)33-3/h4-14,23H,15H2,1-3H3,(H,27,30). The molecule has 1 N–H and O–H groups in total. The molecule has 0 aliphatic carbocycles. The van der Waals surface area contributed by atoms with E-state index < -0.39 is 18.2 Å². The minimum absolute atomic E-state index is 0.0283. The predicted molar refractivity (Wildman–Crippen MR) is 125 cm³/mol. The number of nitrogens with one attached hydrogen (secondary N) is 1. The maximum absolute atomic E-state index is 13.0. The Labute approximate surface area is 197 Å². The number of hydrazone groups is 1. The van der Waals surface area contributed by atoms with Gasteiger partial charge >= 0.3 is 6.09 Å². The third-order valence-electron chi connectivity index (χ3n) is 5.36. The van der Waals surface area contributed by atoms with Crippen LogP contribution in [0.25, 0.3) is 0 Å². The number of carbonyl (C=O) groups excluding carboxylic acids is 2. The van der Waals surface area contributed by atoms with Gasteiger partial charge in [-0.3, -0.25) is 9.78 Å². The monoisotopic (exact) mass is 460 g/mol. The molecule has 34 heavy (non-hydrogen) atoms. The van der Waals surface area contributed by atoms with E-state index >= 15 is 0 Å². The molecule has 0 saturated carbocycles. The fraction of sp³-hybridized carbons (Fsp3) is 0.200. The van der Waals surface area contributed by atoms with Crippen molar-refractivity contribution in [1.29, 1.82) is 0 Å². The molecule has 2 heterocycles. The van der Waals surface area contributed by atoms with Crippen molar-refractivity contribution in [2.24, 2.45) is 5.10 Å². The molecule has 0 saturated heterocycles. The lowest BCUT2D eigenvalue weighted by molar-refractivity contribution is 0.0698. The summed E-state index contributed by atoms with van der Waals surface area (Å²) >= 11 is 0. The molecule has 2 amide bonds. The molecule has 174 valence electrons. The number of hydrogen-bond acceptors (Lipinski definition) is 7. The molecule has 0 spiro atoms. The lowest BCUT2D eigenvalue weighted by atomic mass is 10.1. The highest BCUT2D eigenvalue weighted by atomic mass is 16.6. The van der Waals surface area contributed by atoms with Gasteiger partial charge in [-0.2, -0.15) is 10.1 Å². The van der Waals surface area contributed by atoms with Crippen LogP contribution in [0.2, 0.25) is 0 Å². The summed E-state index contributed by atoms with van der Waals surface area (Å²) in [7, 11) is 3.09. The molecule has 9 heteroatoms. The molecule has 0 bridgehead atoms. The molecule has 1 aliphatic rings. The molecule has 9 nitrogen and oxygen atoms in total. The lowest BCUT2D eigenvalue weighted by Crippen LogP contribution is -2.45. The summed E-state index contributed by atoms with van der Waals surface area (Å²) < 4.78 is 16.1. The minimum atomic E-state index is -0.918. The summed E-state index contributed by atoms with van der Waals surface area (Å²) in [5.41, 5.74) is 2.97. The van der Waals surface area contributed by atoms with Crippen molar-refractivity contribution in [3.63, 3.8) is 0 Å². The van der Waals surface area contributed by atoms with Gasteiger partial charge in [-0.25, -0.2) is 4.79 Å².